The summed E-state index contributed by atoms with van der Waals surface area (Å²) >= 11 is 6.96. The van der Waals surface area contributed by atoms with Gasteiger partial charge in [0.2, 0.25) is 0 Å². The third-order valence-corrected chi connectivity index (χ3v) is 3.83. The topological polar surface area (TPSA) is 41.5 Å². The summed E-state index contributed by atoms with van der Waals surface area (Å²) in [5, 5.41) is 12.4. The first-order chi connectivity index (χ1) is 8.39. The smallest absolute Gasteiger partial charge is 0.137 e. The van der Waals surface area contributed by atoms with Crippen molar-refractivity contribution < 1.29 is 9.84 Å². The Kier molecular flexibility index (Phi) is 6.11. The highest BCUT2D eigenvalue weighted by molar-refractivity contribution is 9.11. The lowest BCUT2D eigenvalue weighted by atomic mass is 10.0. The first-order valence-corrected chi connectivity index (χ1v) is 7.36. The Morgan fingerprint density at radius 3 is 2.56 bits per heavy atom. The van der Waals surface area contributed by atoms with Gasteiger partial charge in [0.05, 0.1) is 11.6 Å². The zero-order valence-corrected chi connectivity index (χ0v) is 14.1. The molecule has 3 nitrogen and oxygen atoms in total. The van der Waals surface area contributed by atoms with E-state index < -0.39 is 0 Å². The van der Waals surface area contributed by atoms with Crippen molar-refractivity contribution in [3.05, 3.63) is 26.6 Å². The standard InChI is InChI=1S/C13H19Br2NO2/c1-13(2,4-5-17)16-8-9-6-10(14)7-11(15)12(9)18-3/h6-7,16-17H,4-5,8H2,1-3H3. The number of benzene rings is 1. The van der Waals surface area contributed by atoms with Crippen LogP contribution in [-0.2, 0) is 6.54 Å². The zero-order chi connectivity index (χ0) is 13.8. The predicted molar refractivity (Wildman–Crippen MR) is 81.0 cm³/mol. The Bertz CT molecular complexity index is 408. The van der Waals surface area contributed by atoms with E-state index in [1.54, 1.807) is 7.11 Å². The number of methoxy groups -OCH3 is 1. The molecule has 0 heterocycles. The average Bonchev–Trinajstić information content (AvgIpc) is 2.26. The zero-order valence-electron chi connectivity index (χ0n) is 10.9. The van der Waals surface area contributed by atoms with Gasteiger partial charge < -0.3 is 15.2 Å². The van der Waals surface area contributed by atoms with Gasteiger partial charge in [0.25, 0.3) is 0 Å². The number of rotatable bonds is 6. The molecule has 1 aromatic carbocycles. The van der Waals surface area contributed by atoms with Crippen LogP contribution in [0.5, 0.6) is 5.75 Å². The van der Waals surface area contributed by atoms with Crippen LogP contribution in [0.15, 0.2) is 21.1 Å². The number of hydrogen-bond donors (Lipinski definition) is 2. The number of aliphatic hydroxyl groups excluding tert-OH is 1. The minimum Gasteiger partial charge on any atom is -0.495 e. The molecule has 0 amide bonds. The largest absolute Gasteiger partial charge is 0.495 e. The summed E-state index contributed by atoms with van der Waals surface area (Å²) in [5.41, 5.74) is 0.971. The molecule has 5 heteroatoms. The van der Waals surface area contributed by atoms with Gasteiger partial charge >= 0.3 is 0 Å². The maximum absolute atomic E-state index is 9.01. The molecule has 0 saturated carbocycles. The Balaban J connectivity index is 2.84. The van der Waals surface area contributed by atoms with Crippen molar-refractivity contribution in [2.75, 3.05) is 13.7 Å². The second kappa shape index (κ2) is 6.89. The van der Waals surface area contributed by atoms with E-state index in [2.05, 4.69) is 51.0 Å². The molecule has 0 aromatic heterocycles. The van der Waals surface area contributed by atoms with Gasteiger partial charge in [0.15, 0.2) is 0 Å². The highest BCUT2D eigenvalue weighted by Crippen LogP contribution is 2.32. The second-order valence-corrected chi connectivity index (χ2v) is 6.56. The average molecular weight is 381 g/mol. The summed E-state index contributed by atoms with van der Waals surface area (Å²) in [6.07, 6.45) is 0.713. The van der Waals surface area contributed by atoms with Gasteiger partial charge in [-0.25, -0.2) is 0 Å². The molecule has 102 valence electrons. The highest BCUT2D eigenvalue weighted by Gasteiger charge is 2.17. The van der Waals surface area contributed by atoms with Crippen molar-refractivity contribution in [1.29, 1.82) is 0 Å². The predicted octanol–water partition coefficient (Wildman–Crippen LogP) is 3.47. The van der Waals surface area contributed by atoms with E-state index in [4.69, 9.17) is 9.84 Å². The third kappa shape index (κ3) is 4.53. The minimum atomic E-state index is -0.103. The minimum absolute atomic E-state index is 0.103. The second-order valence-electron chi connectivity index (χ2n) is 4.79. The molecule has 0 fully saturated rings. The van der Waals surface area contributed by atoms with Gasteiger partial charge in [-0.15, -0.1) is 0 Å². The summed E-state index contributed by atoms with van der Waals surface area (Å²) in [4.78, 5) is 0. The van der Waals surface area contributed by atoms with Crippen LogP contribution in [-0.4, -0.2) is 24.4 Å². The first-order valence-electron chi connectivity index (χ1n) is 5.77. The number of ether oxygens (including phenoxy) is 1. The van der Waals surface area contributed by atoms with Crippen LogP contribution in [0.4, 0.5) is 0 Å². The molecule has 0 spiro atoms. The van der Waals surface area contributed by atoms with Crippen LogP contribution in [0.2, 0.25) is 0 Å². The number of nitrogens with one attached hydrogen (secondary N) is 1. The number of halogens is 2. The molecule has 18 heavy (non-hydrogen) atoms. The van der Waals surface area contributed by atoms with Crippen LogP contribution >= 0.6 is 31.9 Å². The molecule has 0 aliphatic heterocycles. The van der Waals surface area contributed by atoms with Gasteiger partial charge in [-0.1, -0.05) is 15.9 Å². The number of hydrogen-bond acceptors (Lipinski definition) is 3. The molecular weight excluding hydrogens is 362 g/mol. The van der Waals surface area contributed by atoms with Gasteiger partial charge in [-0.05, 0) is 48.3 Å². The van der Waals surface area contributed by atoms with Gasteiger partial charge in [-0.3, -0.25) is 0 Å². The van der Waals surface area contributed by atoms with Crippen molar-refractivity contribution >= 4 is 31.9 Å². The normalized spacial score (nSPS) is 11.7. The van der Waals surface area contributed by atoms with Gasteiger partial charge in [0.1, 0.15) is 5.75 Å². The molecule has 2 N–H and O–H groups in total. The SMILES string of the molecule is COc1c(Br)cc(Br)cc1CNC(C)(C)CCO. The summed E-state index contributed by atoms with van der Waals surface area (Å²) in [6.45, 7) is 5.01. The van der Waals surface area contributed by atoms with E-state index in [1.807, 2.05) is 12.1 Å². The fraction of sp³-hybridized carbons (Fsp3) is 0.538. The van der Waals surface area contributed by atoms with Crippen molar-refractivity contribution in [2.24, 2.45) is 0 Å². The highest BCUT2D eigenvalue weighted by atomic mass is 79.9. The molecular formula is C13H19Br2NO2. The Morgan fingerprint density at radius 2 is 2.00 bits per heavy atom. The molecule has 0 unspecified atom stereocenters. The monoisotopic (exact) mass is 379 g/mol. The van der Waals surface area contributed by atoms with E-state index in [0.29, 0.717) is 13.0 Å². The van der Waals surface area contributed by atoms with Crippen LogP contribution in [0.1, 0.15) is 25.8 Å². The van der Waals surface area contributed by atoms with E-state index in [9.17, 15) is 0 Å². The summed E-state index contributed by atoms with van der Waals surface area (Å²) in [6, 6.07) is 3.99. The number of aliphatic hydroxyl groups is 1. The summed E-state index contributed by atoms with van der Waals surface area (Å²) in [7, 11) is 1.66. The van der Waals surface area contributed by atoms with Gasteiger partial charge in [0, 0.05) is 28.7 Å². The summed E-state index contributed by atoms with van der Waals surface area (Å²) < 4.78 is 7.33. The quantitative estimate of drug-likeness (QED) is 0.793. The van der Waals surface area contributed by atoms with Crippen molar-refractivity contribution in [1.82, 2.24) is 5.32 Å². The molecule has 0 bridgehead atoms. The lowest BCUT2D eigenvalue weighted by molar-refractivity contribution is 0.229. The third-order valence-electron chi connectivity index (χ3n) is 2.78. The lowest BCUT2D eigenvalue weighted by Gasteiger charge is -2.26. The Morgan fingerprint density at radius 1 is 1.33 bits per heavy atom. The summed E-state index contributed by atoms with van der Waals surface area (Å²) in [5.74, 6) is 0.838. The van der Waals surface area contributed by atoms with Crippen LogP contribution in [0.25, 0.3) is 0 Å². The molecule has 0 radical (unpaired) electrons. The van der Waals surface area contributed by atoms with E-state index in [0.717, 1.165) is 20.3 Å². The molecule has 1 rings (SSSR count). The van der Waals surface area contributed by atoms with Crippen molar-refractivity contribution in [3.63, 3.8) is 0 Å². The fourth-order valence-electron chi connectivity index (χ4n) is 1.68. The molecule has 0 aliphatic carbocycles. The van der Waals surface area contributed by atoms with Gasteiger partial charge in [-0.2, -0.15) is 0 Å². The molecule has 0 saturated heterocycles. The lowest BCUT2D eigenvalue weighted by Crippen LogP contribution is -2.39. The molecule has 0 atom stereocenters. The fourth-order valence-corrected chi connectivity index (χ4v) is 3.15. The van der Waals surface area contributed by atoms with Crippen molar-refractivity contribution in [3.8, 4) is 5.75 Å². The van der Waals surface area contributed by atoms with Crippen molar-refractivity contribution in [2.45, 2.75) is 32.4 Å². The maximum atomic E-state index is 9.01. The Labute approximate surface area is 125 Å². The molecule has 0 aliphatic rings. The Hall–Kier alpha value is -0.100. The first kappa shape index (κ1) is 16.0. The maximum Gasteiger partial charge on any atom is 0.137 e. The van der Waals surface area contributed by atoms with E-state index >= 15 is 0 Å². The van der Waals surface area contributed by atoms with Crippen LogP contribution in [0, 0.1) is 0 Å². The van der Waals surface area contributed by atoms with E-state index in [-0.39, 0.29) is 12.1 Å². The van der Waals surface area contributed by atoms with E-state index in [1.165, 1.54) is 0 Å². The van der Waals surface area contributed by atoms with Crippen LogP contribution < -0.4 is 10.1 Å². The molecule has 1 aromatic rings. The van der Waals surface area contributed by atoms with Crippen LogP contribution in [0.3, 0.4) is 0 Å².